The fourth-order valence-electron chi connectivity index (χ4n) is 1.87. The normalized spacial score (nSPS) is 10.2. The molecule has 0 bridgehead atoms. The number of anilines is 1. The van der Waals surface area contributed by atoms with E-state index in [0.29, 0.717) is 17.2 Å². The zero-order chi connectivity index (χ0) is 18.1. The van der Waals surface area contributed by atoms with E-state index in [0.717, 1.165) is 4.90 Å². The van der Waals surface area contributed by atoms with Gasteiger partial charge >= 0.3 is 5.97 Å². The Hall–Kier alpha value is -2.54. The van der Waals surface area contributed by atoms with Crippen LogP contribution >= 0.6 is 11.8 Å². The number of amides is 1. The molecule has 0 aliphatic rings. The number of hydrogen-bond acceptors (Lipinski definition) is 5. The number of nitrogens with one attached hydrogen (secondary N) is 1. The molecule has 0 aliphatic heterocycles. The summed E-state index contributed by atoms with van der Waals surface area (Å²) >= 11 is 1.42. The van der Waals surface area contributed by atoms with Gasteiger partial charge in [-0.25, -0.2) is 4.39 Å². The van der Waals surface area contributed by atoms with Crippen LogP contribution in [0.2, 0.25) is 0 Å². The van der Waals surface area contributed by atoms with Gasteiger partial charge < -0.3 is 14.8 Å². The van der Waals surface area contributed by atoms with Crippen molar-refractivity contribution in [1.82, 2.24) is 0 Å². The molecule has 2 aromatic rings. The van der Waals surface area contributed by atoms with Crippen LogP contribution < -0.4 is 10.1 Å². The van der Waals surface area contributed by atoms with Crippen molar-refractivity contribution >= 4 is 29.3 Å². The van der Waals surface area contributed by atoms with Gasteiger partial charge in [-0.1, -0.05) is 0 Å². The molecule has 0 atom stereocenters. The molecule has 0 saturated heterocycles. The molecule has 0 aliphatic carbocycles. The zero-order valence-corrected chi connectivity index (χ0v) is 14.5. The Morgan fingerprint density at radius 3 is 2.40 bits per heavy atom. The highest BCUT2D eigenvalue weighted by atomic mass is 32.2. The van der Waals surface area contributed by atoms with E-state index in [2.05, 4.69) is 5.32 Å². The van der Waals surface area contributed by atoms with Gasteiger partial charge in [0.15, 0.2) is 6.61 Å². The summed E-state index contributed by atoms with van der Waals surface area (Å²) < 4.78 is 22.7. The first-order chi connectivity index (χ1) is 12.1. The lowest BCUT2D eigenvalue weighted by Gasteiger charge is -2.07. The zero-order valence-electron chi connectivity index (χ0n) is 13.7. The minimum atomic E-state index is -0.459. The van der Waals surface area contributed by atoms with Crippen LogP contribution in [0.5, 0.6) is 5.75 Å². The number of hydrogen-bond donors (Lipinski definition) is 1. The van der Waals surface area contributed by atoms with Crippen LogP contribution in [0.4, 0.5) is 10.1 Å². The number of carbonyl (C=O) groups excluding carboxylic acids is 2. The molecular weight excluding hydrogens is 345 g/mol. The van der Waals surface area contributed by atoms with Gasteiger partial charge in [0.1, 0.15) is 11.6 Å². The molecule has 0 fully saturated rings. The van der Waals surface area contributed by atoms with Gasteiger partial charge in [-0.05, 0) is 48.5 Å². The Morgan fingerprint density at radius 1 is 1.08 bits per heavy atom. The number of thioether (sulfide) groups is 1. The highest BCUT2D eigenvalue weighted by molar-refractivity contribution is 7.99. The average Bonchev–Trinajstić information content (AvgIpc) is 2.62. The van der Waals surface area contributed by atoms with E-state index in [-0.39, 0.29) is 18.8 Å². The lowest BCUT2D eigenvalue weighted by atomic mass is 10.3. The molecule has 0 unspecified atom stereocenters. The summed E-state index contributed by atoms with van der Waals surface area (Å²) in [5.41, 5.74) is 0.591. The molecule has 1 amide bonds. The molecule has 0 saturated carbocycles. The fourth-order valence-corrected chi connectivity index (χ4v) is 2.71. The van der Waals surface area contributed by atoms with E-state index in [9.17, 15) is 14.0 Å². The number of methoxy groups -OCH3 is 1. The van der Waals surface area contributed by atoms with Crippen LogP contribution in [0.3, 0.4) is 0 Å². The summed E-state index contributed by atoms with van der Waals surface area (Å²) in [5.74, 6) is 0.00352. The smallest absolute Gasteiger partial charge is 0.307 e. The van der Waals surface area contributed by atoms with Gasteiger partial charge in [0.2, 0.25) is 0 Å². The SMILES string of the molecule is COc1ccc(NC(=O)COC(=O)CCSc2ccc(F)cc2)cc1. The van der Waals surface area contributed by atoms with Gasteiger partial charge in [0.05, 0.1) is 13.5 Å². The Kier molecular flexibility index (Phi) is 7.28. The first-order valence-corrected chi connectivity index (χ1v) is 8.53. The monoisotopic (exact) mass is 363 g/mol. The summed E-state index contributed by atoms with van der Waals surface area (Å²) in [6.45, 7) is -0.341. The van der Waals surface area contributed by atoms with Gasteiger partial charge in [-0.3, -0.25) is 9.59 Å². The molecule has 0 radical (unpaired) electrons. The van der Waals surface area contributed by atoms with Gasteiger partial charge in [-0.2, -0.15) is 0 Å². The van der Waals surface area contributed by atoms with E-state index in [1.807, 2.05) is 0 Å². The highest BCUT2D eigenvalue weighted by Crippen LogP contribution is 2.19. The average molecular weight is 363 g/mol. The quantitative estimate of drug-likeness (QED) is 0.574. The van der Waals surface area contributed by atoms with Crippen LogP contribution in [0, 0.1) is 5.82 Å². The van der Waals surface area contributed by atoms with Crippen molar-refractivity contribution in [3.05, 3.63) is 54.3 Å². The van der Waals surface area contributed by atoms with E-state index < -0.39 is 11.9 Å². The molecule has 0 spiro atoms. The van der Waals surface area contributed by atoms with Crippen molar-refractivity contribution in [2.45, 2.75) is 11.3 Å². The molecule has 1 N–H and O–H groups in total. The van der Waals surface area contributed by atoms with Crippen LogP contribution in [0.25, 0.3) is 0 Å². The number of esters is 1. The first kappa shape index (κ1) is 18.8. The Morgan fingerprint density at radius 2 is 1.76 bits per heavy atom. The summed E-state index contributed by atoms with van der Waals surface area (Å²) in [4.78, 5) is 24.2. The summed E-state index contributed by atoms with van der Waals surface area (Å²) in [5, 5.41) is 2.62. The van der Waals surface area contributed by atoms with E-state index in [4.69, 9.17) is 9.47 Å². The third-order valence-corrected chi connectivity index (χ3v) is 4.14. The van der Waals surface area contributed by atoms with Gasteiger partial charge in [0, 0.05) is 16.3 Å². The maximum Gasteiger partial charge on any atom is 0.307 e. The number of benzene rings is 2. The molecule has 5 nitrogen and oxygen atoms in total. The maximum atomic E-state index is 12.8. The molecule has 0 heterocycles. The summed E-state index contributed by atoms with van der Waals surface area (Å²) in [6.07, 6.45) is 0.165. The second-order valence-corrected chi connectivity index (χ2v) is 6.16. The minimum Gasteiger partial charge on any atom is -0.497 e. The highest BCUT2D eigenvalue weighted by Gasteiger charge is 2.08. The number of rotatable bonds is 8. The minimum absolute atomic E-state index is 0.165. The Bertz CT molecular complexity index is 704. The summed E-state index contributed by atoms with van der Waals surface area (Å²) in [7, 11) is 1.56. The van der Waals surface area contributed by atoms with Crippen molar-refractivity contribution in [3.63, 3.8) is 0 Å². The van der Waals surface area contributed by atoms with Crippen molar-refractivity contribution in [2.24, 2.45) is 0 Å². The maximum absolute atomic E-state index is 12.8. The number of ether oxygens (including phenoxy) is 2. The third kappa shape index (κ3) is 6.84. The van der Waals surface area contributed by atoms with Crippen molar-refractivity contribution in [3.8, 4) is 5.75 Å². The Balaban J connectivity index is 1.64. The van der Waals surface area contributed by atoms with Crippen LogP contribution in [0.15, 0.2) is 53.4 Å². The van der Waals surface area contributed by atoms with Gasteiger partial charge in [-0.15, -0.1) is 11.8 Å². The largest absolute Gasteiger partial charge is 0.497 e. The van der Waals surface area contributed by atoms with Crippen LogP contribution in [-0.4, -0.2) is 31.3 Å². The van der Waals surface area contributed by atoms with E-state index in [1.54, 1.807) is 43.5 Å². The molecular formula is C18H18FNO4S. The predicted molar refractivity (Wildman–Crippen MR) is 94.3 cm³/mol. The molecule has 0 aromatic heterocycles. The van der Waals surface area contributed by atoms with Crippen molar-refractivity contribution in [1.29, 1.82) is 0 Å². The molecule has 25 heavy (non-hydrogen) atoms. The number of halogens is 1. The second kappa shape index (κ2) is 9.68. The van der Waals surface area contributed by atoms with E-state index >= 15 is 0 Å². The van der Waals surface area contributed by atoms with Gasteiger partial charge in [0.25, 0.3) is 5.91 Å². The van der Waals surface area contributed by atoms with Crippen LogP contribution in [0.1, 0.15) is 6.42 Å². The lowest BCUT2D eigenvalue weighted by Crippen LogP contribution is -2.21. The molecule has 7 heteroatoms. The number of carbonyl (C=O) groups is 2. The Labute approximate surface area is 149 Å². The second-order valence-electron chi connectivity index (χ2n) is 4.99. The standard InChI is InChI=1S/C18H18FNO4S/c1-23-15-6-4-14(5-7-15)20-17(21)12-24-18(22)10-11-25-16-8-2-13(19)3-9-16/h2-9H,10-12H2,1H3,(H,20,21). The van der Waals surface area contributed by atoms with E-state index in [1.165, 1.54) is 23.9 Å². The molecule has 2 rings (SSSR count). The first-order valence-electron chi connectivity index (χ1n) is 7.55. The van der Waals surface area contributed by atoms with Crippen molar-refractivity contribution in [2.75, 3.05) is 24.8 Å². The predicted octanol–water partition coefficient (Wildman–Crippen LogP) is 3.50. The lowest BCUT2D eigenvalue weighted by molar-refractivity contribution is -0.146. The molecule has 132 valence electrons. The fraction of sp³-hybridized carbons (Fsp3) is 0.222. The third-order valence-electron chi connectivity index (χ3n) is 3.13. The topological polar surface area (TPSA) is 64.6 Å². The van der Waals surface area contributed by atoms with Crippen molar-refractivity contribution < 1.29 is 23.5 Å². The van der Waals surface area contributed by atoms with Crippen LogP contribution in [-0.2, 0) is 14.3 Å². The summed E-state index contributed by atoms with van der Waals surface area (Å²) in [6, 6.07) is 12.8. The molecule has 2 aromatic carbocycles.